The number of ketones is 2. The van der Waals surface area contributed by atoms with Gasteiger partial charge in [-0.2, -0.15) is 0 Å². The lowest BCUT2D eigenvalue weighted by molar-refractivity contribution is -0.134. The number of hydrogen-bond acceptors (Lipinski definition) is 4. The van der Waals surface area contributed by atoms with E-state index in [-0.39, 0.29) is 29.1 Å². The van der Waals surface area contributed by atoms with Crippen LogP contribution in [0.25, 0.3) is 0 Å². The summed E-state index contributed by atoms with van der Waals surface area (Å²) in [6, 6.07) is 0. The molecule has 0 heterocycles. The average molecular weight is 391 g/mol. The fourth-order valence-corrected chi connectivity index (χ4v) is 7.20. The Balaban J connectivity index is 0.000000516. The number of hydrogen-bond donors (Lipinski definition) is 2. The van der Waals surface area contributed by atoms with Gasteiger partial charge >= 0.3 is 0 Å². The van der Waals surface area contributed by atoms with Gasteiger partial charge in [0.15, 0.2) is 11.6 Å². The molecule has 5 nitrogen and oxygen atoms in total. The average Bonchev–Trinajstić information content (AvgIpc) is 2.98. The Morgan fingerprint density at radius 3 is 2.39 bits per heavy atom. The SMILES string of the molecule is CC(=O)O.C[C@]12CC[C@H]3[C@@H](CCC4=CC(=O)CC[C@@]43C)[C@@H]1CC[C@@H]2C(=O)CO. The van der Waals surface area contributed by atoms with Gasteiger partial charge in [0, 0.05) is 19.3 Å². The molecule has 4 aliphatic rings. The summed E-state index contributed by atoms with van der Waals surface area (Å²) in [6.45, 7) is 5.50. The van der Waals surface area contributed by atoms with E-state index in [1.807, 2.05) is 6.08 Å². The highest BCUT2D eigenvalue weighted by Crippen LogP contribution is 2.66. The van der Waals surface area contributed by atoms with Gasteiger partial charge in [-0.15, -0.1) is 0 Å². The first-order valence-electron chi connectivity index (χ1n) is 10.7. The molecule has 0 aliphatic heterocycles. The van der Waals surface area contributed by atoms with Crippen LogP contribution in [0.1, 0.15) is 72.1 Å². The topological polar surface area (TPSA) is 91.7 Å². The number of aliphatic carboxylic acids is 1. The molecule has 3 fully saturated rings. The summed E-state index contributed by atoms with van der Waals surface area (Å²) >= 11 is 0. The smallest absolute Gasteiger partial charge is 0.300 e. The normalized spacial score (nSPS) is 41.6. The molecule has 3 saturated carbocycles. The van der Waals surface area contributed by atoms with Crippen LogP contribution in [0.3, 0.4) is 0 Å². The number of carboxylic acids is 1. The number of carboxylic acid groups (broad SMARTS) is 1. The first kappa shape index (κ1) is 21.2. The molecule has 4 aliphatic carbocycles. The van der Waals surface area contributed by atoms with Crippen molar-refractivity contribution >= 4 is 17.5 Å². The minimum absolute atomic E-state index is 0.0596. The molecule has 2 N–H and O–H groups in total. The summed E-state index contributed by atoms with van der Waals surface area (Å²) in [6.07, 6.45) is 10.3. The third kappa shape index (κ3) is 3.47. The van der Waals surface area contributed by atoms with E-state index in [0.29, 0.717) is 30.0 Å². The lowest BCUT2D eigenvalue weighted by Gasteiger charge is -2.58. The van der Waals surface area contributed by atoms with Gasteiger partial charge in [-0.3, -0.25) is 14.4 Å². The van der Waals surface area contributed by atoms with Gasteiger partial charge in [0.25, 0.3) is 5.97 Å². The Morgan fingerprint density at radius 1 is 1.07 bits per heavy atom. The Morgan fingerprint density at radius 2 is 1.75 bits per heavy atom. The maximum absolute atomic E-state index is 12.3. The fourth-order valence-electron chi connectivity index (χ4n) is 7.20. The van der Waals surface area contributed by atoms with E-state index in [1.54, 1.807) is 0 Å². The molecule has 0 aromatic rings. The van der Waals surface area contributed by atoms with Gasteiger partial charge in [-0.1, -0.05) is 19.4 Å². The second kappa shape index (κ2) is 7.74. The van der Waals surface area contributed by atoms with Gasteiger partial charge in [0.05, 0.1) is 0 Å². The predicted octanol–water partition coefficient (Wildman–Crippen LogP) is 3.79. The molecule has 28 heavy (non-hydrogen) atoms. The number of allylic oxidation sites excluding steroid dienone is 1. The highest BCUT2D eigenvalue weighted by atomic mass is 16.4. The van der Waals surface area contributed by atoms with Gasteiger partial charge in [0.1, 0.15) is 6.61 Å². The van der Waals surface area contributed by atoms with Crippen molar-refractivity contribution in [2.75, 3.05) is 6.61 Å². The summed E-state index contributed by atoms with van der Waals surface area (Å²) in [7, 11) is 0. The third-order valence-electron chi connectivity index (χ3n) is 8.51. The molecule has 0 bridgehead atoms. The van der Waals surface area contributed by atoms with Crippen LogP contribution in [0.5, 0.6) is 0 Å². The zero-order chi connectivity index (χ0) is 20.7. The lowest BCUT2D eigenvalue weighted by Crippen LogP contribution is -2.51. The fraction of sp³-hybridized carbons (Fsp3) is 0.783. The van der Waals surface area contributed by atoms with Crippen LogP contribution in [0.4, 0.5) is 0 Å². The number of carbonyl (C=O) groups is 3. The van der Waals surface area contributed by atoms with Crippen molar-refractivity contribution in [2.24, 2.45) is 34.5 Å². The van der Waals surface area contributed by atoms with Gasteiger partial charge < -0.3 is 10.2 Å². The number of aliphatic hydroxyl groups is 1. The monoisotopic (exact) mass is 390 g/mol. The molecule has 0 saturated heterocycles. The maximum Gasteiger partial charge on any atom is 0.300 e. The van der Waals surface area contributed by atoms with E-state index in [2.05, 4.69) is 13.8 Å². The quantitative estimate of drug-likeness (QED) is 0.748. The van der Waals surface area contributed by atoms with Crippen LogP contribution >= 0.6 is 0 Å². The molecule has 5 heteroatoms. The minimum atomic E-state index is -0.833. The Bertz CT molecular complexity index is 691. The first-order chi connectivity index (χ1) is 13.1. The van der Waals surface area contributed by atoms with Crippen LogP contribution in [-0.4, -0.2) is 34.4 Å². The number of carbonyl (C=O) groups excluding carboxylic acids is 2. The molecule has 0 amide bonds. The summed E-state index contributed by atoms with van der Waals surface area (Å²) in [4.78, 5) is 33.1. The first-order valence-corrected chi connectivity index (χ1v) is 10.7. The van der Waals surface area contributed by atoms with Gasteiger partial charge in [-0.05, 0) is 79.6 Å². The number of aliphatic hydroxyl groups excluding tert-OH is 1. The number of fused-ring (bicyclic) bond motifs is 5. The molecular formula is C23H34O5. The van der Waals surface area contributed by atoms with Crippen molar-refractivity contribution in [1.29, 1.82) is 0 Å². The van der Waals surface area contributed by atoms with E-state index >= 15 is 0 Å². The molecule has 0 aromatic heterocycles. The molecule has 0 spiro atoms. The van der Waals surface area contributed by atoms with Crippen molar-refractivity contribution in [2.45, 2.75) is 72.1 Å². The highest BCUT2D eigenvalue weighted by molar-refractivity contribution is 5.91. The van der Waals surface area contributed by atoms with Crippen molar-refractivity contribution in [3.8, 4) is 0 Å². The Labute approximate surface area is 167 Å². The molecule has 4 rings (SSSR count). The largest absolute Gasteiger partial charge is 0.481 e. The number of rotatable bonds is 2. The summed E-state index contributed by atoms with van der Waals surface area (Å²) < 4.78 is 0. The Kier molecular flexibility index (Phi) is 5.86. The van der Waals surface area contributed by atoms with Gasteiger partial charge in [-0.25, -0.2) is 0 Å². The van der Waals surface area contributed by atoms with E-state index < -0.39 is 5.97 Å². The van der Waals surface area contributed by atoms with Gasteiger partial charge in [0.2, 0.25) is 0 Å². The third-order valence-corrected chi connectivity index (χ3v) is 8.51. The molecule has 0 aromatic carbocycles. The van der Waals surface area contributed by atoms with Crippen LogP contribution in [0.2, 0.25) is 0 Å². The van der Waals surface area contributed by atoms with Crippen molar-refractivity contribution in [3.63, 3.8) is 0 Å². The standard InChI is InChI=1S/C21H30O3.C2H4O2/c1-20-9-7-14(23)11-13(20)3-4-15-16-5-6-18(19(24)12-22)21(16,2)10-8-17(15)20;1-2(3)4/h11,15-18,22H,3-10,12H2,1-2H3;1H3,(H,3,4)/t15-,16-,17-,18+,20-,21-;/m0./s1. The van der Waals surface area contributed by atoms with Crippen molar-refractivity contribution in [1.82, 2.24) is 0 Å². The summed E-state index contributed by atoms with van der Waals surface area (Å²) in [5.41, 5.74) is 1.70. The van der Waals surface area contributed by atoms with Crippen LogP contribution in [-0.2, 0) is 14.4 Å². The maximum atomic E-state index is 12.3. The molecule has 6 atom stereocenters. The van der Waals surface area contributed by atoms with E-state index in [9.17, 15) is 14.7 Å². The summed E-state index contributed by atoms with van der Waals surface area (Å²) in [5, 5.41) is 16.8. The molecule has 0 unspecified atom stereocenters. The van der Waals surface area contributed by atoms with E-state index in [0.717, 1.165) is 39.0 Å². The molecular weight excluding hydrogens is 356 g/mol. The van der Waals surface area contributed by atoms with Crippen LogP contribution < -0.4 is 0 Å². The minimum Gasteiger partial charge on any atom is -0.481 e. The zero-order valence-corrected chi connectivity index (χ0v) is 17.4. The highest BCUT2D eigenvalue weighted by Gasteiger charge is 2.59. The van der Waals surface area contributed by atoms with Crippen LogP contribution in [0.15, 0.2) is 11.6 Å². The second-order valence-electron chi connectivity index (χ2n) is 9.79. The second-order valence-corrected chi connectivity index (χ2v) is 9.79. The van der Waals surface area contributed by atoms with Crippen molar-refractivity contribution < 1.29 is 24.6 Å². The number of Topliss-reactive ketones (excluding diaryl/α,β-unsaturated/α-hetero) is 1. The molecule has 156 valence electrons. The van der Waals surface area contributed by atoms with E-state index in [1.165, 1.54) is 18.4 Å². The van der Waals surface area contributed by atoms with Crippen LogP contribution in [0, 0.1) is 34.5 Å². The predicted molar refractivity (Wildman–Crippen MR) is 106 cm³/mol. The van der Waals surface area contributed by atoms with E-state index in [4.69, 9.17) is 9.90 Å². The summed E-state index contributed by atoms with van der Waals surface area (Å²) in [5.74, 6) is 1.58. The zero-order valence-electron chi connectivity index (χ0n) is 17.4. The lowest BCUT2D eigenvalue weighted by atomic mass is 9.46. The molecule has 0 radical (unpaired) electrons. The van der Waals surface area contributed by atoms with Crippen molar-refractivity contribution in [3.05, 3.63) is 11.6 Å². The Hall–Kier alpha value is -1.49.